The van der Waals surface area contributed by atoms with Gasteiger partial charge >= 0.3 is 0 Å². The Balaban J connectivity index is 2.41. The van der Waals surface area contributed by atoms with E-state index in [1.54, 1.807) is 6.07 Å². The molecule has 2 rings (SSSR count). The maximum atomic E-state index is 10.9. The van der Waals surface area contributed by atoms with Gasteiger partial charge in [-0.2, -0.15) is 5.26 Å². The molecule has 17 heavy (non-hydrogen) atoms. The van der Waals surface area contributed by atoms with Gasteiger partial charge in [-0.1, -0.05) is 0 Å². The van der Waals surface area contributed by atoms with Crippen LogP contribution in [0, 0.1) is 21.4 Å². The summed E-state index contributed by atoms with van der Waals surface area (Å²) in [6.07, 6.45) is 2.21. The zero-order valence-corrected chi connectivity index (χ0v) is 9.59. The summed E-state index contributed by atoms with van der Waals surface area (Å²) in [5.41, 5.74) is 0.843. The molecule has 88 valence electrons. The summed E-state index contributed by atoms with van der Waals surface area (Å²) in [6.45, 7) is 3.03. The third-order valence-corrected chi connectivity index (χ3v) is 3.18. The lowest BCUT2D eigenvalue weighted by Gasteiger charge is -2.23. The molecule has 1 aromatic carbocycles. The largest absolute Gasteiger partial charge is 0.369 e. The van der Waals surface area contributed by atoms with E-state index in [9.17, 15) is 10.1 Å². The van der Waals surface area contributed by atoms with E-state index in [0.717, 1.165) is 25.1 Å². The molecule has 1 fully saturated rings. The van der Waals surface area contributed by atoms with Gasteiger partial charge in [0.1, 0.15) is 11.6 Å². The molecule has 0 amide bonds. The Labute approximate surface area is 99.4 Å². The molecule has 1 aliphatic rings. The minimum absolute atomic E-state index is 0.107. The molecule has 1 atom stereocenters. The maximum Gasteiger partial charge on any atom is 0.289 e. The van der Waals surface area contributed by atoms with Crippen LogP contribution < -0.4 is 4.90 Å². The van der Waals surface area contributed by atoms with Crippen LogP contribution in [0.5, 0.6) is 0 Å². The Kier molecular flexibility index (Phi) is 2.96. The fraction of sp³-hybridized carbons (Fsp3) is 0.417. The van der Waals surface area contributed by atoms with Crippen LogP contribution in [0.3, 0.4) is 0 Å². The smallest absolute Gasteiger partial charge is 0.289 e. The van der Waals surface area contributed by atoms with E-state index in [2.05, 4.69) is 11.8 Å². The molecule has 0 aliphatic carbocycles. The van der Waals surface area contributed by atoms with E-state index >= 15 is 0 Å². The number of nitrogens with zero attached hydrogens (tertiary/aromatic N) is 3. The van der Waals surface area contributed by atoms with Crippen molar-refractivity contribution in [1.29, 1.82) is 5.26 Å². The molecule has 5 nitrogen and oxygen atoms in total. The van der Waals surface area contributed by atoms with Crippen molar-refractivity contribution in [2.45, 2.75) is 25.8 Å². The summed E-state index contributed by atoms with van der Waals surface area (Å²) in [5, 5.41) is 19.7. The Morgan fingerprint density at radius 2 is 2.35 bits per heavy atom. The van der Waals surface area contributed by atoms with Gasteiger partial charge in [0.2, 0.25) is 0 Å². The average Bonchev–Trinajstić information content (AvgIpc) is 2.74. The first-order chi connectivity index (χ1) is 8.13. The van der Waals surface area contributed by atoms with Crippen molar-refractivity contribution in [2.75, 3.05) is 11.4 Å². The molecule has 0 radical (unpaired) electrons. The van der Waals surface area contributed by atoms with Crippen molar-refractivity contribution in [1.82, 2.24) is 0 Å². The van der Waals surface area contributed by atoms with E-state index < -0.39 is 4.92 Å². The van der Waals surface area contributed by atoms with Crippen LogP contribution in [0.25, 0.3) is 0 Å². The van der Waals surface area contributed by atoms with Crippen molar-refractivity contribution in [3.63, 3.8) is 0 Å². The summed E-state index contributed by atoms with van der Waals surface area (Å²) < 4.78 is 0. The van der Waals surface area contributed by atoms with E-state index in [4.69, 9.17) is 5.26 Å². The molecule has 1 heterocycles. The first-order valence-corrected chi connectivity index (χ1v) is 5.58. The number of nitro groups is 1. The van der Waals surface area contributed by atoms with Gasteiger partial charge in [-0.15, -0.1) is 0 Å². The lowest BCUT2D eigenvalue weighted by molar-refractivity contribution is -0.385. The second-order valence-corrected chi connectivity index (χ2v) is 4.26. The van der Waals surface area contributed by atoms with Gasteiger partial charge in [0.05, 0.1) is 4.92 Å². The molecule has 0 bridgehead atoms. The van der Waals surface area contributed by atoms with Crippen LogP contribution >= 0.6 is 0 Å². The summed E-state index contributed by atoms with van der Waals surface area (Å²) in [5.74, 6) is 0. The lowest BCUT2D eigenvalue weighted by Crippen LogP contribution is -2.26. The fourth-order valence-electron chi connectivity index (χ4n) is 2.26. The van der Waals surface area contributed by atoms with E-state index in [-0.39, 0.29) is 11.3 Å². The zero-order valence-electron chi connectivity index (χ0n) is 9.59. The van der Waals surface area contributed by atoms with Gasteiger partial charge < -0.3 is 4.90 Å². The van der Waals surface area contributed by atoms with Crippen LogP contribution in [0.15, 0.2) is 18.2 Å². The second-order valence-electron chi connectivity index (χ2n) is 4.26. The number of benzene rings is 1. The van der Waals surface area contributed by atoms with Gasteiger partial charge in [-0.25, -0.2) is 0 Å². The van der Waals surface area contributed by atoms with Gasteiger partial charge in [0.25, 0.3) is 5.69 Å². The Morgan fingerprint density at radius 1 is 1.59 bits per heavy atom. The van der Waals surface area contributed by atoms with Crippen molar-refractivity contribution in [2.24, 2.45) is 0 Å². The minimum atomic E-state index is -0.497. The highest BCUT2D eigenvalue weighted by molar-refractivity contribution is 5.61. The lowest BCUT2D eigenvalue weighted by atomic mass is 10.1. The third-order valence-electron chi connectivity index (χ3n) is 3.18. The maximum absolute atomic E-state index is 10.9. The Hall–Kier alpha value is -2.09. The molecular weight excluding hydrogens is 218 g/mol. The number of hydrogen-bond donors (Lipinski definition) is 0. The van der Waals surface area contributed by atoms with Crippen LogP contribution in [-0.4, -0.2) is 17.5 Å². The molecule has 0 saturated carbocycles. The van der Waals surface area contributed by atoms with Gasteiger partial charge in [0, 0.05) is 24.3 Å². The molecule has 1 aromatic rings. The predicted octanol–water partition coefficient (Wildman–Crippen LogP) is 2.46. The molecule has 0 spiro atoms. The van der Waals surface area contributed by atoms with Crippen molar-refractivity contribution in [3.8, 4) is 6.07 Å². The van der Waals surface area contributed by atoms with Crippen LogP contribution in [-0.2, 0) is 0 Å². The number of hydrogen-bond acceptors (Lipinski definition) is 4. The molecule has 5 heteroatoms. The molecular formula is C12H13N3O2. The summed E-state index contributed by atoms with van der Waals surface area (Å²) >= 11 is 0. The van der Waals surface area contributed by atoms with Gasteiger partial charge in [-0.05, 0) is 31.9 Å². The van der Waals surface area contributed by atoms with Gasteiger partial charge in [0.15, 0.2) is 0 Å². The Morgan fingerprint density at radius 3 is 2.88 bits per heavy atom. The molecule has 1 unspecified atom stereocenters. The van der Waals surface area contributed by atoms with Crippen LogP contribution in [0.1, 0.15) is 25.3 Å². The molecule has 1 saturated heterocycles. The molecule has 1 aliphatic heterocycles. The third kappa shape index (κ3) is 2.07. The average molecular weight is 231 g/mol. The van der Waals surface area contributed by atoms with Crippen LogP contribution in [0.4, 0.5) is 11.4 Å². The highest BCUT2D eigenvalue weighted by Crippen LogP contribution is 2.30. The van der Waals surface area contributed by atoms with Crippen molar-refractivity contribution in [3.05, 3.63) is 33.9 Å². The summed E-state index contributed by atoms with van der Waals surface area (Å²) in [7, 11) is 0. The van der Waals surface area contributed by atoms with Crippen LogP contribution in [0.2, 0.25) is 0 Å². The Bertz CT molecular complexity index is 493. The van der Waals surface area contributed by atoms with E-state index in [0.29, 0.717) is 6.04 Å². The minimum Gasteiger partial charge on any atom is -0.369 e. The fourth-order valence-corrected chi connectivity index (χ4v) is 2.26. The highest BCUT2D eigenvalue weighted by atomic mass is 16.6. The molecule has 0 N–H and O–H groups in total. The standard InChI is InChI=1S/C12H13N3O2/c1-9-3-2-6-14(9)11-5-4-10(8-13)12(7-11)15(16)17/h4-5,7,9H,2-3,6H2,1H3. The topological polar surface area (TPSA) is 70.2 Å². The SMILES string of the molecule is CC1CCCN1c1ccc(C#N)c([N+](=O)[O-])c1. The zero-order chi connectivity index (χ0) is 12.4. The van der Waals surface area contributed by atoms with E-state index in [1.165, 1.54) is 12.1 Å². The number of anilines is 1. The highest BCUT2D eigenvalue weighted by Gasteiger charge is 2.23. The normalized spacial score (nSPS) is 19.1. The van der Waals surface area contributed by atoms with Crippen molar-refractivity contribution >= 4 is 11.4 Å². The number of rotatable bonds is 2. The monoisotopic (exact) mass is 231 g/mol. The first-order valence-electron chi connectivity index (χ1n) is 5.58. The second kappa shape index (κ2) is 4.42. The summed E-state index contributed by atoms with van der Waals surface area (Å²) in [4.78, 5) is 12.5. The van der Waals surface area contributed by atoms with E-state index in [1.807, 2.05) is 6.07 Å². The van der Waals surface area contributed by atoms with Crippen molar-refractivity contribution < 1.29 is 4.92 Å². The first kappa shape index (κ1) is 11.4. The molecule has 0 aromatic heterocycles. The van der Waals surface area contributed by atoms with Gasteiger partial charge in [-0.3, -0.25) is 10.1 Å². The predicted molar refractivity (Wildman–Crippen MR) is 63.9 cm³/mol. The number of nitro benzene ring substituents is 1. The quantitative estimate of drug-likeness (QED) is 0.579. The summed E-state index contributed by atoms with van der Waals surface area (Å²) in [6, 6.07) is 7.06. The number of nitriles is 1.